The van der Waals surface area contributed by atoms with Crippen LogP contribution in [0.2, 0.25) is 0 Å². The van der Waals surface area contributed by atoms with Gasteiger partial charge in [0.15, 0.2) is 0 Å². The summed E-state index contributed by atoms with van der Waals surface area (Å²) in [6.45, 7) is 6.64. The molecule has 1 rings (SSSR count). The number of aliphatic hydroxyl groups excluding tert-OH is 1. The van der Waals surface area contributed by atoms with Crippen molar-refractivity contribution in [2.24, 2.45) is 0 Å². The summed E-state index contributed by atoms with van der Waals surface area (Å²) in [5.41, 5.74) is 2.74. The van der Waals surface area contributed by atoms with E-state index in [9.17, 15) is 0 Å². The quantitative estimate of drug-likeness (QED) is 0.741. The molecule has 1 nitrogen and oxygen atoms in total. The van der Waals surface area contributed by atoms with E-state index < -0.39 is 0 Å². The molecule has 74 valence electrons. The molecule has 0 unspecified atom stereocenters. The maximum absolute atomic E-state index is 8.07. The number of rotatable bonds is 2. The summed E-state index contributed by atoms with van der Waals surface area (Å²) in [4.78, 5) is 0. The Morgan fingerprint density at radius 3 is 1.69 bits per heavy atom. The maximum atomic E-state index is 8.07. The maximum Gasteiger partial charge on any atom is 0.0430 e. The van der Waals surface area contributed by atoms with Gasteiger partial charge < -0.3 is 5.11 Å². The van der Waals surface area contributed by atoms with Crippen molar-refractivity contribution in [2.45, 2.75) is 33.6 Å². The fourth-order valence-corrected chi connectivity index (χ4v) is 0.821. The van der Waals surface area contributed by atoms with Gasteiger partial charge in [-0.05, 0) is 31.4 Å². The molecule has 0 saturated heterocycles. The summed E-state index contributed by atoms with van der Waals surface area (Å²) in [6, 6.07) is 8.36. The van der Waals surface area contributed by atoms with E-state index in [0.29, 0.717) is 6.61 Å². The van der Waals surface area contributed by atoms with Crippen LogP contribution in [-0.4, -0.2) is 11.7 Å². The number of hydrogen-bond donors (Lipinski definition) is 1. The summed E-state index contributed by atoms with van der Waals surface area (Å²) in [7, 11) is 0. The molecule has 0 amide bonds. The Morgan fingerprint density at radius 1 is 1.08 bits per heavy atom. The van der Waals surface area contributed by atoms with Crippen LogP contribution in [0.3, 0.4) is 0 Å². The SMILES string of the molecule is CCCCO.Cc1ccccc1C. The van der Waals surface area contributed by atoms with E-state index in [1.807, 2.05) is 0 Å². The molecule has 0 bridgehead atoms. The predicted octanol–water partition coefficient (Wildman–Crippen LogP) is 3.08. The standard InChI is InChI=1S/C8H10.C4H10O/c1-7-5-3-4-6-8(7)2;1-2-3-4-5/h3-6H,1-2H3;5H,2-4H2,1H3. The zero-order chi connectivity index (χ0) is 10.1. The first-order valence-corrected chi connectivity index (χ1v) is 4.85. The van der Waals surface area contributed by atoms with Crippen LogP contribution in [0.1, 0.15) is 30.9 Å². The van der Waals surface area contributed by atoms with Crippen molar-refractivity contribution in [2.75, 3.05) is 6.61 Å². The second-order valence-corrected chi connectivity index (χ2v) is 3.16. The minimum Gasteiger partial charge on any atom is -0.396 e. The van der Waals surface area contributed by atoms with Crippen molar-refractivity contribution >= 4 is 0 Å². The molecular weight excluding hydrogens is 160 g/mol. The van der Waals surface area contributed by atoms with Gasteiger partial charge in [-0.25, -0.2) is 0 Å². The van der Waals surface area contributed by atoms with Crippen molar-refractivity contribution in [3.8, 4) is 0 Å². The van der Waals surface area contributed by atoms with Crippen LogP contribution in [-0.2, 0) is 0 Å². The number of hydrogen-bond acceptors (Lipinski definition) is 1. The van der Waals surface area contributed by atoms with E-state index in [4.69, 9.17) is 5.11 Å². The molecule has 0 spiro atoms. The highest BCUT2D eigenvalue weighted by molar-refractivity contribution is 5.23. The van der Waals surface area contributed by atoms with Crippen molar-refractivity contribution in [3.05, 3.63) is 35.4 Å². The van der Waals surface area contributed by atoms with Gasteiger partial charge in [0.1, 0.15) is 0 Å². The monoisotopic (exact) mass is 180 g/mol. The van der Waals surface area contributed by atoms with Gasteiger partial charge in [0, 0.05) is 6.61 Å². The van der Waals surface area contributed by atoms with E-state index in [0.717, 1.165) is 12.8 Å². The molecule has 0 atom stereocenters. The van der Waals surface area contributed by atoms with Gasteiger partial charge in [-0.15, -0.1) is 0 Å². The number of benzene rings is 1. The van der Waals surface area contributed by atoms with Gasteiger partial charge >= 0.3 is 0 Å². The lowest BCUT2D eigenvalue weighted by Gasteiger charge is -1.93. The molecule has 0 aliphatic rings. The molecule has 0 aromatic heterocycles. The van der Waals surface area contributed by atoms with Crippen LogP contribution >= 0.6 is 0 Å². The van der Waals surface area contributed by atoms with E-state index in [1.165, 1.54) is 11.1 Å². The summed E-state index contributed by atoms with van der Waals surface area (Å²) in [6.07, 6.45) is 2.04. The highest BCUT2D eigenvalue weighted by atomic mass is 16.2. The van der Waals surface area contributed by atoms with Crippen molar-refractivity contribution in [1.29, 1.82) is 0 Å². The molecule has 1 aromatic rings. The Kier molecular flexibility index (Phi) is 7.32. The van der Waals surface area contributed by atoms with Gasteiger partial charge in [0.2, 0.25) is 0 Å². The van der Waals surface area contributed by atoms with Gasteiger partial charge in [0.25, 0.3) is 0 Å². The second-order valence-electron chi connectivity index (χ2n) is 3.16. The number of unbranched alkanes of at least 4 members (excludes halogenated alkanes) is 1. The first-order chi connectivity index (χ1) is 6.22. The molecule has 0 aliphatic carbocycles. The van der Waals surface area contributed by atoms with Crippen molar-refractivity contribution < 1.29 is 5.11 Å². The van der Waals surface area contributed by atoms with Crippen LogP contribution < -0.4 is 0 Å². The molecular formula is C12H20O. The highest BCUT2D eigenvalue weighted by Gasteiger charge is 1.83. The van der Waals surface area contributed by atoms with Crippen molar-refractivity contribution in [3.63, 3.8) is 0 Å². The first kappa shape index (κ1) is 12.2. The van der Waals surface area contributed by atoms with Gasteiger partial charge in [-0.3, -0.25) is 0 Å². The Hall–Kier alpha value is -0.820. The Morgan fingerprint density at radius 2 is 1.54 bits per heavy atom. The molecule has 0 radical (unpaired) electrons. The lowest BCUT2D eigenvalue weighted by molar-refractivity contribution is 0.287. The van der Waals surface area contributed by atoms with Gasteiger partial charge in [-0.2, -0.15) is 0 Å². The minimum atomic E-state index is 0.344. The predicted molar refractivity (Wildman–Crippen MR) is 57.9 cm³/mol. The Labute approximate surface area is 81.4 Å². The average molecular weight is 180 g/mol. The third kappa shape index (κ3) is 6.35. The second kappa shape index (κ2) is 7.81. The largest absolute Gasteiger partial charge is 0.396 e. The summed E-state index contributed by atoms with van der Waals surface area (Å²) in [5.74, 6) is 0. The Bertz CT molecular complexity index is 195. The fourth-order valence-electron chi connectivity index (χ4n) is 0.821. The van der Waals surface area contributed by atoms with Crippen LogP contribution in [0.5, 0.6) is 0 Å². The lowest BCUT2D eigenvalue weighted by atomic mass is 10.1. The van der Waals surface area contributed by atoms with E-state index >= 15 is 0 Å². The molecule has 1 heteroatoms. The molecule has 0 fully saturated rings. The molecule has 0 saturated carbocycles. The fraction of sp³-hybridized carbons (Fsp3) is 0.500. The van der Waals surface area contributed by atoms with E-state index in [1.54, 1.807) is 0 Å². The summed E-state index contributed by atoms with van der Waals surface area (Å²) < 4.78 is 0. The van der Waals surface area contributed by atoms with E-state index in [-0.39, 0.29) is 0 Å². The zero-order valence-corrected chi connectivity index (χ0v) is 8.88. The number of aryl methyl sites for hydroxylation is 2. The molecule has 0 aliphatic heterocycles. The van der Waals surface area contributed by atoms with Gasteiger partial charge in [-0.1, -0.05) is 37.6 Å². The number of aliphatic hydroxyl groups is 1. The third-order valence-electron chi connectivity index (χ3n) is 1.94. The topological polar surface area (TPSA) is 20.2 Å². The van der Waals surface area contributed by atoms with Gasteiger partial charge in [0.05, 0.1) is 0 Å². The first-order valence-electron chi connectivity index (χ1n) is 4.85. The molecule has 13 heavy (non-hydrogen) atoms. The lowest BCUT2D eigenvalue weighted by Crippen LogP contribution is -1.75. The minimum absolute atomic E-state index is 0.344. The molecule has 1 aromatic carbocycles. The van der Waals surface area contributed by atoms with Crippen molar-refractivity contribution in [1.82, 2.24) is 0 Å². The van der Waals surface area contributed by atoms with E-state index in [2.05, 4.69) is 45.0 Å². The normalized spacial score (nSPS) is 8.92. The molecule has 0 heterocycles. The van der Waals surface area contributed by atoms with Crippen LogP contribution in [0.25, 0.3) is 0 Å². The van der Waals surface area contributed by atoms with Crippen LogP contribution in [0, 0.1) is 13.8 Å². The summed E-state index contributed by atoms with van der Waals surface area (Å²) >= 11 is 0. The van der Waals surface area contributed by atoms with Crippen LogP contribution in [0.15, 0.2) is 24.3 Å². The Balaban J connectivity index is 0.000000252. The highest BCUT2D eigenvalue weighted by Crippen LogP contribution is 2.02. The smallest absolute Gasteiger partial charge is 0.0430 e. The zero-order valence-electron chi connectivity index (χ0n) is 8.88. The summed E-state index contributed by atoms with van der Waals surface area (Å²) in [5, 5.41) is 8.07. The molecule has 1 N–H and O–H groups in total. The average Bonchev–Trinajstić information content (AvgIpc) is 2.13. The van der Waals surface area contributed by atoms with Crippen LogP contribution in [0.4, 0.5) is 0 Å². The third-order valence-corrected chi connectivity index (χ3v) is 1.94.